The van der Waals surface area contributed by atoms with Crippen molar-refractivity contribution in [2.75, 3.05) is 25.5 Å². The normalized spacial score (nSPS) is 16.1. The average Bonchev–Trinajstić information content (AvgIpc) is 3.01. The molecule has 9 heteroatoms. The van der Waals surface area contributed by atoms with E-state index < -0.39 is 10.0 Å². The molecule has 0 atom stereocenters. The number of aromatic nitrogens is 2. The Bertz CT molecular complexity index is 956. The second-order valence-electron chi connectivity index (χ2n) is 7.13. The fourth-order valence-electron chi connectivity index (χ4n) is 3.56. The number of hydrogen-bond acceptors (Lipinski definition) is 5. The first kappa shape index (κ1) is 20.3. The van der Waals surface area contributed by atoms with E-state index in [-0.39, 0.29) is 16.7 Å². The van der Waals surface area contributed by atoms with Gasteiger partial charge in [0.25, 0.3) is 0 Å². The lowest BCUT2D eigenvalue weighted by molar-refractivity contribution is -0.120. The molecule has 2 N–H and O–H groups in total. The zero-order valence-corrected chi connectivity index (χ0v) is 17.4. The van der Waals surface area contributed by atoms with Crippen LogP contribution < -0.4 is 10.1 Å². The molecule has 1 aromatic carbocycles. The fourth-order valence-corrected chi connectivity index (χ4v) is 5.36. The first-order chi connectivity index (χ1) is 13.2. The lowest BCUT2D eigenvalue weighted by Gasteiger charge is -2.30. The average molecular weight is 407 g/mol. The summed E-state index contributed by atoms with van der Waals surface area (Å²) in [7, 11) is -2.06. The van der Waals surface area contributed by atoms with E-state index >= 15 is 0 Å². The third kappa shape index (κ3) is 3.90. The Hall–Kier alpha value is -2.39. The smallest absolute Gasteiger partial charge is 0.246 e. The molecule has 0 saturated carbocycles. The number of sulfonamides is 1. The fraction of sp³-hybridized carbons (Fsp3) is 0.474. The number of aromatic amines is 1. The molecule has 1 aromatic heterocycles. The van der Waals surface area contributed by atoms with Gasteiger partial charge in [-0.1, -0.05) is 6.07 Å². The minimum Gasteiger partial charge on any atom is -0.495 e. The molecule has 152 valence electrons. The van der Waals surface area contributed by atoms with Gasteiger partial charge >= 0.3 is 0 Å². The monoisotopic (exact) mass is 406 g/mol. The first-order valence-electron chi connectivity index (χ1n) is 9.21. The van der Waals surface area contributed by atoms with Gasteiger partial charge in [-0.25, -0.2) is 8.42 Å². The van der Waals surface area contributed by atoms with Gasteiger partial charge in [-0.2, -0.15) is 9.40 Å². The summed E-state index contributed by atoms with van der Waals surface area (Å²) in [6.45, 7) is 5.91. The molecule has 1 saturated heterocycles. The van der Waals surface area contributed by atoms with Crippen LogP contribution in [0.2, 0.25) is 0 Å². The molecule has 1 aliphatic rings. The quantitative estimate of drug-likeness (QED) is 0.793. The van der Waals surface area contributed by atoms with Crippen LogP contribution in [-0.4, -0.2) is 49.0 Å². The van der Waals surface area contributed by atoms with Crippen LogP contribution >= 0.6 is 0 Å². The third-order valence-corrected chi connectivity index (χ3v) is 7.26. The lowest BCUT2D eigenvalue weighted by atomic mass is 9.97. The molecular formula is C19H26N4O4S. The highest BCUT2D eigenvalue weighted by atomic mass is 32.2. The highest BCUT2D eigenvalue weighted by molar-refractivity contribution is 7.89. The predicted octanol–water partition coefficient (Wildman–Crippen LogP) is 2.38. The second kappa shape index (κ2) is 7.92. The second-order valence-corrected chi connectivity index (χ2v) is 9.01. The van der Waals surface area contributed by atoms with E-state index in [0.29, 0.717) is 48.8 Å². The van der Waals surface area contributed by atoms with Gasteiger partial charge in [-0.05, 0) is 51.3 Å². The Morgan fingerprint density at radius 3 is 2.50 bits per heavy atom. The Balaban J connectivity index is 1.67. The van der Waals surface area contributed by atoms with Gasteiger partial charge in [0.15, 0.2) is 0 Å². The molecule has 1 aliphatic heterocycles. The zero-order valence-electron chi connectivity index (χ0n) is 16.6. The minimum atomic E-state index is -3.62. The van der Waals surface area contributed by atoms with E-state index in [1.54, 1.807) is 21.0 Å². The van der Waals surface area contributed by atoms with Gasteiger partial charge in [-0.15, -0.1) is 0 Å². The number of anilines is 1. The van der Waals surface area contributed by atoms with Gasteiger partial charge in [-0.3, -0.25) is 9.89 Å². The number of hydrogen-bond donors (Lipinski definition) is 2. The van der Waals surface area contributed by atoms with E-state index in [1.807, 2.05) is 25.1 Å². The van der Waals surface area contributed by atoms with Crippen LogP contribution in [0.4, 0.5) is 5.69 Å². The molecule has 1 amide bonds. The summed E-state index contributed by atoms with van der Waals surface area (Å²) >= 11 is 0. The van der Waals surface area contributed by atoms with E-state index in [4.69, 9.17) is 4.74 Å². The maximum atomic E-state index is 12.9. The number of aryl methyl sites for hydroxylation is 3. The van der Waals surface area contributed by atoms with Crippen molar-refractivity contribution in [3.05, 3.63) is 35.2 Å². The van der Waals surface area contributed by atoms with Gasteiger partial charge in [0.05, 0.1) is 24.2 Å². The van der Waals surface area contributed by atoms with E-state index in [1.165, 1.54) is 4.31 Å². The van der Waals surface area contributed by atoms with E-state index in [9.17, 15) is 13.2 Å². The van der Waals surface area contributed by atoms with Crippen molar-refractivity contribution in [1.29, 1.82) is 0 Å². The predicted molar refractivity (Wildman–Crippen MR) is 106 cm³/mol. The molecule has 0 radical (unpaired) electrons. The molecule has 0 unspecified atom stereocenters. The van der Waals surface area contributed by atoms with Crippen LogP contribution in [0.15, 0.2) is 23.1 Å². The van der Waals surface area contributed by atoms with Crippen LogP contribution in [0.3, 0.4) is 0 Å². The molecule has 3 rings (SSSR count). The van der Waals surface area contributed by atoms with Crippen molar-refractivity contribution < 1.29 is 17.9 Å². The number of piperidine rings is 1. The maximum Gasteiger partial charge on any atom is 0.246 e. The van der Waals surface area contributed by atoms with Crippen molar-refractivity contribution in [3.63, 3.8) is 0 Å². The number of nitrogens with zero attached hydrogens (tertiary/aromatic N) is 2. The van der Waals surface area contributed by atoms with Crippen molar-refractivity contribution in [2.24, 2.45) is 5.92 Å². The van der Waals surface area contributed by atoms with E-state index in [2.05, 4.69) is 15.5 Å². The Kier molecular flexibility index (Phi) is 5.76. The molecule has 1 fully saturated rings. The Morgan fingerprint density at radius 2 is 1.93 bits per heavy atom. The van der Waals surface area contributed by atoms with Gasteiger partial charge in [0.1, 0.15) is 10.6 Å². The molecule has 2 heterocycles. The summed E-state index contributed by atoms with van der Waals surface area (Å²) in [6, 6.07) is 5.59. The number of rotatable bonds is 5. The standard InChI is InChI=1S/C19H26N4O4S/c1-12-5-6-17(27-4)16(11-12)20-19(24)15-7-9-23(10-8-15)28(25,26)18-13(2)21-22-14(18)3/h5-6,11,15H,7-10H2,1-4H3,(H,20,24)(H,21,22). The number of carbonyl (C=O) groups excluding carboxylic acids is 1. The number of methoxy groups -OCH3 is 1. The summed E-state index contributed by atoms with van der Waals surface area (Å²) in [4.78, 5) is 12.9. The van der Waals surface area contributed by atoms with Crippen LogP contribution in [0.25, 0.3) is 0 Å². The number of carbonyl (C=O) groups is 1. The van der Waals surface area contributed by atoms with Crippen LogP contribution in [0, 0.1) is 26.7 Å². The summed E-state index contributed by atoms with van der Waals surface area (Å²) in [5.74, 6) is 0.240. The highest BCUT2D eigenvalue weighted by Crippen LogP contribution is 2.29. The number of nitrogens with one attached hydrogen (secondary N) is 2. The molecule has 0 bridgehead atoms. The molecule has 0 aliphatic carbocycles. The van der Waals surface area contributed by atoms with Crippen molar-refractivity contribution in [2.45, 2.75) is 38.5 Å². The van der Waals surface area contributed by atoms with Crippen LogP contribution in [0.5, 0.6) is 5.75 Å². The number of ether oxygens (including phenoxy) is 1. The first-order valence-corrected chi connectivity index (χ1v) is 10.6. The topological polar surface area (TPSA) is 104 Å². The van der Waals surface area contributed by atoms with Gasteiger partial charge < -0.3 is 10.1 Å². The SMILES string of the molecule is COc1ccc(C)cc1NC(=O)C1CCN(S(=O)(=O)c2c(C)n[nH]c2C)CC1. The molecule has 8 nitrogen and oxygen atoms in total. The molecule has 0 spiro atoms. The Morgan fingerprint density at radius 1 is 1.25 bits per heavy atom. The third-order valence-electron chi connectivity index (χ3n) is 5.10. The Labute approximate surface area is 165 Å². The molecular weight excluding hydrogens is 380 g/mol. The van der Waals surface area contributed by atoms with Crippen LogP contribution in [-0.2, 0) is 14.8 Å². The largest absolute Gasteiger partial charge is 0.495 e. The number of amides is 1. The van der Waals surface area contributed by atoms with Gasteiger partial charge in [0, 0.05) is 19.0 Å². The molecule has 28 heavy (non-hydrogen) atoms. The van der Waals surface area contributed by atoms with Gasteiger partial charge in [0.2, 0.25) is 15.9 Å². The maximum absolute atomic E-state index is 12.9. The zero-order chi connectivity index (χ0) is 20.5. The van der Waals surface area contributed by atoms with Crippen molar-refractivity contribution in [1.82, 2.24) is 14.5 Å². The highest BCUT2D eigenvalue weighted by Gasteiger charge is 2.34. The summed E-state index contributed by atoms with van der Waals surface area (Å²) < 4.78 is 32.6. The lowest BCUT2D eigenvalue weighted by Crippen LogP contribution is -2.41. The van der Waals surface area contributed by atoms with Crippen LogP contribution in [0.1, 0.15) is 29.8 Å². The van der Waals surface area contributed by atoms with E-state index in [0.717, 1.165) is 5.56 Å². The van der Waals surface area contributed by atoms with Crippen molar-refractivity contribution >= 4 is 21.6 Å². The minimum absolute atomic E-state index is 0.114. The van der Waals surface area contributed by atoms with Crippen molar-refractivity contribution in [3.8, 4) is 5.75 Å². The molecule has 2 aromatic rings. The summed E-state index contributed by atoms with van der Waals surface area (Å²) in [6.07, 6.45) is 0.935. The summed E-state index contributed by atoms with van der Waals surface area (Å²) in [5, 5.41) is 9.63. The number of H-pyrrole nitrogens is 1. The number of benzene rings is 1. The summed E-state index contributed by atoms with van der Waals surface area (Å²) in [5.41, 5.74) is 2.64.